The monoisotopic (exact) mass is 312 g/mol. The van der Waals surface area contributed by atoms with Crippen LogP contribution in [0.4, 0.5) is 0 Å². The van der Waals surface area contributed by atoms with E-state index in [2.05, 4.69) is 26.6 Å². The molecule has 18 heavy (non-hydrogen) atoms. The minimum atomic E-state index is 0.0338. The average Bonchev–Trinajstić information content (AvgIpc) is 2.40. The minimum Gasteiger partial charge on any atom is -0.374 e. The molecule has 0 spiro atoms. The van der Waals surface area contributed by atoms with Crippen molar-refractivity contribution in [2.45, 2.75) is 12.5 Å². The highest BCUT2D eigenvalue weighted by Crippen LogP contribution is 2.10. The zero-order valence-corrected chi connectivity index (χ0v) is 11.7. The summed E-state index contributed by atoms with van der Waals surface area (Å²) in [7, 11) is 0. The summed E-state index contributed by atoms with van der Waals surface area (Å²) in [4.78, 5) is 11.7. The van der Waals surface area contributed by atoms with E-state index in [0.29, 0.717) is 19.6 Å². The van der Waals surface area contributed by atoms with Gasteiger partial charge in [-0.25, -0.2) is 0 Å². The van der Waals surface area contributed by atoms with Crippen LogP contribution < -0.4 is 10.6 Å². The highest BCUT2D eigenvalue weighted by atomic mass is 79.9. The van der Waals surface area contributed by atoms with Gasteiger partial charge in [0.2, 0.25) is 5.91 Å². The van der Waals surface area contributed by atoms with Crippen LogP contribution in [0.2, 0.25) is 0 Å². The number of halogens is 1. The normalized spacial score (nSPS) is 19.5. The Balaban J connectivity index is 1.73. The van der Waals surface area contributed by atoms with Gasteiger partial charge in [-0.3, -0.25) is 4.79 Å². The third-order valence-electron chi connectivity index (χ3n) is 2.81. The number of hydrogen-bond acceptors (Lipinski definition) is 3. The van der Waals surface area contributed by atoms with E-state index in [1.807, 2.05) is 24.3 Å². The van der Waals surface area contributed by atoms with Crippen molar-refractivity contribution >= 4 is 21.8 Å². The number of carbonyl (C=O) groups excluding carboxylic acids is 1. The van der Waals surface area contributed by atoms with E-state index in [9.17, 15) is 4.79 Å². The Morgan fingerprint density at radius 2 is 2.22 bits per heavy atom. The molecule has 1 fully saturated rings. The molecule has 1 heterocycles. The number of rotatable bonds is 4. The van der Waals surface area contributed by atoms with Crippen LogP contribution in [0.15, 0.2) is 28.7 Å². The lowest BCUT2D eigenvalue weighted by molar-refractivity contribution is -0.121. The Morgan fingerprint density at radius 1 is 1.44 bits per heavy atom. The molecule has 0 aromatic heterocycles. The second-order valence-electron chi connectivity index (χ2n) is 4.30. The van der Waals surface area contributed by atoms with E-state index < -0.39 is 0 Å². The Kier molecular flexibility index (Phi) is 5.16. The fourth-order valence-electron chi connectivity index (χ4n) is 1.83. The second kappa shape index (κ2) is 6.87. The first-order valence-electron chi connectivity index (χ1n) is 6.07. The molecule has 5 heteroatoms. The number of amides is 1. The number of carbonyl (C=O) groups is 1. The van der Waals surface area contributed by atoms with Gasteiger partial charge in [-0.1, -0.05) is 28.1 Å². The maximum atomic E-state index is 11.7. The predicted octanol–water partition coefficient (Wildman–Crippen LogP) is 1.10. The molecule has 0 aliphatic carbocycles. The molecule has 0 bridgehead atoms. The zero-order valence-electron chi connectivity index (χ0n) is 10.1. The van der Waals surface area contributed by atoms with Crippen LogP contribution in [-0.4, -0.2) is 38.3 Å². The van der Waals surface area contributed by atoms with Gasteiger partial charge in [0.15, 0.2) is 0 Å². The van der Waals surface area contributed by atoms with Crippen molar-refractivity contribution in [2.24, 2.45) is 0 Å². The number of nitrogens with one attached hydrogen (secondary N) is 2. The quantitative estimate of drug-likeness (QED) is 0.875. The van der Waals surface area contributed by atoms with E-state index in [4.69, 9.17) is 4.74 Å². The van der Waals surface area contributed by atoms with E-state index in [1.165, 1.54) is 0 Å². The second-order valence-corrected chi connectivity index (χ2v) is 5.22. The number of benzene rings is 1. The molecule has 1 saturated heterocycles. The summed E-state index contributed by atoms with van der Waals surface area (Å²) >= 11 is 3.37. The van der Waals surface area contributed by atoms with Gasteiger partial charge in [-0.15, -0.1) is 0 Å². The summed E-state index contributed by atoms with van der Waals surface area (Å²) in [6.45, 7) is 2.98. The fourth-order valence-corrected chi connectivity index (χ4v) is 2.09. The molecule has 4 nitrogen and oxygen atoms in total. The van der Waals surface area contributed by atoms with Gasteiger partial charge in [-0.05, 0) is 17.7 Å². The van der Waals surface area contributed by atoms with Crippen LogP contribution in [0, 0.1) is 0 Å². The lowest BCUT2D eigenvalue weighted by Crippen LogP contribution is -2.45. The maximum Gasteiger partial charge on any atom is 0.224 e. The van der Waals surface area contributed by atoms with Crippen LogP contribution in [0.25, 0.3) is 0 Å². The van der Waals surface area contributed by atoms with Crippen molar-refractivity contribution in [3.63, 3.8) is 0 Å². The van der Waals surface area contributed by atoms with E-state index in [1.54, 1.807) is 0 Å². The van der Waals surface area contributed by atoms with Crippen molar-refractivity contribution in [3.05, 3.63) is 34.3 Å². The van der Waals surface area contributed by atoms with Crippen molar-refractivity contribution in [1.82, 2.24) is 10.6 Å². The lowest BCUT2D eigenvalue weighted by atomic mass is 10.1. The van der Waals surface area contributed by atoms with Crippen molar-refractivity contribution in [3.8, 4) is 0 Å². The van der Waals surface area contributed by atoms with Crippen LogP contribution in [0.3, 0.4) is 0 Å². The van der Waals surface area contributed by atoms with Crippen LogP contribution in [-0.2, 0) is 16.0 Å². The smallest absolute Gasteiger partial charge is 0.224 e. The molecule has 98 valence electrons. The SMILES string of the molecule is O=C(Cc1ccc(Br)cc1)NCC1CNCCO1. The number of morpholine rings is 1. The van der Waals surface area contributed by atoms with Gasteiger partial charge in [-0.2, -0.15) is 0 Å². The molecule has 2 rings (SSSR count). The molecule has 1 aliphatic heterocycles. The van der Waals surface area contributed by atoms with Crippen molar-refractivity contribution in [1.29, 1.82) is 0 Å². The number of ether oxygens (including phenoxy) is 1. The maximum absolute atomic E-state index is 11.7. The predicted molar refractivity (Wildman–Crippen MR) is 73.5 cm³/mol. The van der Waals surface area contributed by atoms with Gasteiger partial charge in [0.05, 0.1) is 19.1 Å². The Hall–Kier alpha value is -0.910. The molecular formula is C13H17BrN2O2. The minimum absolute atomic E-state index is 0.0338. The Labute approximate surface area is 115 Å². The fraction of sp³-hybridized carbons (Fsp3) is 0.462. The molecule has 0 saturated carbocycles. The first-order valence-corrected chi connectivity index (χ1v) is 6.87. The molecule has 1 atom stereocenters. The molecule has 1 aliphatic rings. The first-order chi connectivity index (χ1) is 8.74. The summed E-state index contributed by atoms with van der Waals surface area (Å²) < 4.78 is 6.53. The molecule has 0 radical (unpaired) electrons. The van der Waals surface area contributed by atoms with Gasteiger partial charge in [0.1, 0.15) is 0 Å². The first kappa shape index (κ1) is 13.5. The van der Waals surface area contributed by atoms with Gasteiger partial charge in [0.25, 0.3) is 0 Å². The standard InChI is InChI=1S/C13H17BrN2O2/c14-11-3-1-10(2-4-11)7-13(17)16-9-12-8-15-5-6-18-12/h1-4,12,15H,5-9H2,(H,16,17). The van der Waals surface area contributed by atoms with E-state index in [0.717, 1.165) is 23.1 Å². The van der Waals surface area contributed by atoms with Crippen LogP contribution in [0.1, 0.15) is 5.56 Å². The highest BCUT2D eigenvalue weighted by molar-refractivity contribution is 9.10. The van der Waals surface area contributed by atoms with Gasteiger partial charge < -0.3 is 15.4 Å². The van der Waals surface area contributed by atoms with E-state index >= 15 is 0 Å². The Bertz CT molecular complexity index is 388. The average molecular weight is 313 g/mol. The summed E-state index contributed by atoms with van der Waals surface area (Å²) in [5, 5.41) is 6.13. The van der Waals surface area contributed by atoms with E-state index in [-0.39, 0.29) is 12.0 Å². The molecule has 1 unspecified atom stereocenters. The van der Waals surface area contributed by atoms with Crippen LogP contribution >= 0.6 is 15.9 Å². The molecule has 1 aromatic carbocycles. The lowest BCUT2D eigenvalue weighted by Gasteiger charge is -2.23. The summed E-state index contributed by atoms with van der Waals surface area (Å²) in [5.74, 6) is 0.0338. The van der Waals surface area contributed by atoms with Gasteiger partial charge in [0, 0.05) is 24.1 Å². The van der Waals surface area contributed by atoms with Crippen molar-refractivity contribution in [2.75, 3.05) is 26.2 Å². The largest absolute Gasteiger partial charge is 0.374 e. The molecule has 1 amide bonds. The third-order valence-corrected chi connectivity index (χ3v) is 3.34. The van der Waals surface area contributed by atoms with Crippen molar-refractivity contribution < 1.29 is 9.53 Å². The summed E-state index contributed by atoms with van der Waals surface area (Å²) in [6, 6.07) is 7.78. The summed E-state index contributed by atoms with van der Waals surface area (Å²) in [6.07, 6.45) is 0.501. The van der Waals surface area contributed by atoms with Crippen LogP contribution in [0.5, 0.6) is 0 Å². The molecular weight excluding hydrogens is 296 g/mol. The third kappa shape index (κ3) is 4.40. The molecule has 1 aromatic rings. The number of hydrogen-bond donors (Lipinski definition) is 2. The topological polar surface area (TPSA) is 50.4 Å². The highest BCUT2D eigenvalue weighted by Gasteiger charge is 2.14. The summed E-state index contributed by atoms with van der Waals surface area (Å²) in [5.41, 5.74) is 1.01. The van der Waals surface area contributed by atoms with Gasteiger partial charge >= 0.3 is 0 Å². The Morgan fingerprint density at radius 3 is 2.89 bits per heavy atom. The molecule has 2 N–H and O–H groups in total. The zero-order chi connectivity index (χ0) is 12.8.